The van der Waals surface area contributed by atoms with Crippen LogP contribution < -0.4 is 0 Å². The third-order valence-electron chi connectivity index (χ3n) is 4.89. The number of carbonyl (C=O) groups excluding carboxylic acids is 1. The Kier molecular flexibility index (Phi) is 6.73. The number of hydrogen-bond acceptors (Lipinski definition) is 7. The summed E-state index contributed by atoms with van der Waals surface area (Å²) in [4.78, 5) is 17.2. The van der Waals surface area contributed by atoms with E-state index >= 15 is 0 Å². The Morgan fingerprint density at radius 1 is 0.966 bits per heavy atom. The van der Waals surface area contributed by atoms with Crippen LogP contribution in [0.3, 0.4) is 0 Å². The van der Waals surface area contributed by atoms with Crippen LogP contribution >= 0.6 is 0 Å². The molecule has 0 aliphatic carbocycles. The molecule has 1 aromatic heterocycles. The van der Waals surface area contributed by atoms with Gasteiger partial charge < -0.3 is 9.64 Å². The third-order valence-corrected chi connectivity index (χ3v) is 8.80. The maximum absolute atomic E-state index is 12.9. The minimum absolute atomic E-state index is 0.0687. The van der Waals surface area contributed by atoms with Crippen molar-refractivity contribution in [1.29, 1.82) is 0 Å². The quantitative estimate of drug-likeness (QED) is 0.591. The van der Waals surface area contributed by atoms with Gasteiger partial charge in [0.1, 0.15) is 4.90 Å². The molecule has 1 aromatic rings. The van der Waals surface area contributed by atoms with Gasteiger partial charge in [-0.25, -0.2) is 13.2 Å². The highest BCUT2D eigenvalue weighted by Gasteiger charge is 2.37. The van der Waals surface area contributed by atoms with Crippen LogP contribution in [0.5, 0.6) is 0 Å². The van der Waals surface area contributed by atoms with E-state index in [0.717, 1.165) is 0 Å². The van der Waals surface area contributed by atoms with Crippen LogP contribution in [0.25, 0.3) is 0 Å². The molecule has 1 amide bonds. The lowest BCUT2D eigenvalue weighted by Gasteiger charge is -2.39. The Bertz CT molecular complexity index is 908. The zero-order valence-electron chi connectivity index (χ0n) is 16.2. The molecule has 3 rings (SSSR count). The second-order valence-corrected chi connectivity index (χ2v) is 10.5. The summed E-state index contributed by atoms with van der Waals surface area (Å²) in [6.45, 7) is 3.13. The lowest BCUT2D eigenvalue weighted by Crippen LogP contribution is -2.58. The number of nitrogens with zero attached hydrogens (tertiary/aromatic N) is 5. The van der Waals surface area contributed by atoms with E-state index in [1.54, 1.807) is 13.0 Å². The average Bonchev–Trinajstić information content (AvgIpc) is 2.74. The second-order valence-electron chi connectivity index (χ2n) is 6.58. The van der Waals surface area contributed by atoms with Gasteiger partial charge in [-0.05, 0) is 19.1 Å². The molecule has 0 atom stereocenters. The molecule has 29 heavy (non-hydrogen) atoms. The highest BCUT2D eigenvalue weighted by Crippen LogP contribution is 2.20. The topological polar surface area (TPSA) is 120 Å². The van der Waals surface area contributed by atoms with Crippen LogP contribution in [0.4, 0.5) is 4.79 Å². The van der Waals surface area contributed by atoms with Crippen molar-refractivity contribution in [2.75, 3.05) is 59.0 Å². The fourth-order valence-corrected chi connectivity index (χ4v) is 6.23. The first-order valence-corrected chi connectivity index (χ1v) is 12.2. The van der Waals surface area contributed by atoms with Crippen LogP contribution in [0, 0.1) is 0 Å². The van der Waals surface area contributed by atoms with Gasteiger partial charge in [0.15, 0.2) is 0 Å². The summed E-state index contributed by atoms with van der Waals surface area (Å²) in [6.07, 6.45) is 2.32. The summed E-state index contributed by atoms with van der Waals surface area (Å²) in [6, 6.07) is 3.01. The SMILES string of the molecule is CCOC(=O)N1CCN(S(=O)(=O)N2CCN(S(=O)(=O)c3cccnc3)CC2)CC1. The van der Waals surface area contributed by atoms with E-state index in [1.807, 2.05) is 0 Å². The molecule has 162 valence electrons. The van der Waals surface area contributed by atoms with Crippen molar-refractivity contribution in [2.45, 2.75) is 11.8 Å². The number of rotatable bonds is 5. The van der Waals surface area contributed by atoms with Crippen LogP contribution in [-0.2, 0) is 25.0 Å². The molecule has 11 nitrogen and oxygen atoms in total. The van der Waals surface area contributed by atoms with Crippen LogP contribution in [0.15, 0.2) is 29.4 Å². The molecule has 0 unspecified atom stereocenters. The van der Waals surface area contributed by atoms with E-state index in [2.05, 4.69) is 4.98 Å². The lowest BCUT2D eigenvalue weighted by atomic mass is 10.4. The predicted octanol–water partition coefficient (Wildman–Crippen LogP) is -0.593. The van der Waals surface area contributed by atoms with Crippen molar-refractivity contribution >= 4 is 26.3 Å². The maximum atomic E-state index is 12.9. The van der Waals surface area contributed by atoms with Gasteiger partial charge in [-0.15, -0.1) is 0 Å². The van der Waals surface area contributed by atoms with Crippen LogP contribution in [-0.4, -0.2) is 105 Å². The van der Waals surface area contributed by atoms with Crippen molar-refractivity contribution in [2.24, 2.45) is 0 Å². The van der Waals surface area contributed by atoms with Gasteiger partial charge in [-0.2, -0.15) is 21.3 Å². The Hall–Kier alpha value is -1.80. The van der Waals surface area contributed by atoms with Crippen molar-refractivity contribution < 1.29 is 26.4 Å². The number of hydrogen-bond donors (Lipinski definition) is 0. The lowest BCUT2D eigenvalue weighted by molar-refractivity contribution is 0.0921. The van der Waals surface area contributed by atoms with Gasteiger partial charge in [0.2, 0.25) is 10.0 Å². The minimum atomic E-state index is -3.73. The number of amides is 1. The van der Waals surface area contributed by atoms with Crippen molar-refractivity contribution in [3.63, 3.8) is 0 Å². The Balaban J connectivity index is 1.58. The summed E-state index contributed by atoms with van der Waals surface area (Å²) in [5, 5.41) is 0. The van der Waals surface area contributed by atoms with Crippen LogP contribution in [0.2, 0.25) is 0 Å². The van der Waals surface area contributed by atoms with Gasteiger partial charge in [-0.1, -0.05) is 0 Å². The molecule has 0 bridgehead atoms. The normalized spacial score (nSPS) is 20.5. The highest BCUT2D eigenvalue weighted by atomic mass is 32.2. The molecule has 2 aliphatic rings. The van der Waals surface area contributed by atoms with E-state index < -0.39 is 26.3 Å². The number of piperazine rings is 2. The molecule has 3 heterocycles. The van der Waals surface area contributed by atoms with E-state index in [1.165, 1.54) is 36.3 Å². The van der Waals surface area contributed by atoms with Gasteiger partial charge in [0, 0.05) is 64.8 Å². The Morgan fingerprint density at radius 3 is 2.03 bits per heavy atom. The predicted molar refractivity (Wildman–Crippen MR) is 104 cm³/mol. The van der Waals surface area contributed by atoms with Crippen LogP contribution in [0.1, 0.15) is 6.92 Å². The summed E-state index contributed by atoms with van der Waals surface area (Å²) in [5.74, 6) is 0. The molecular weight excluding hydrogens is 422 g/mol. The molecule has 2 saturated heterocycles. The maximum Gasteiger partial charge on any atom is 0.409 e. The highest BCUT2D eigenvalue weighted by molar-refractivity contribution is 7.89. The first-order valence-electron chi connectivity index (χ1n) is 9.34. The largest absolute Gasteiger partial charge is 0.450 e. The first-order chi connectivity index (χ1) is 13.8. The molecule has 0 radical (unpaired) electrons. The number of aromatic nitrogens is 1. The summed E-state index contributed by atoms with van der Waals surface area (Å²) in [5.41, 5.74) is 0. The second kappa shape index (κ2) is 8.92. The Morgan fingerprint density at radius 2 is 1.52 bits per heavy atom. The van der Waals surface area contributed by atoms with E-state index in [-0.39, 0.29) is 63.9 Å². The molecule has 0 spiro atoms. The molecule has 2 aliphatic heterocycles. The molecular formula is C16H25N5O6S2. The minimum Gasteiger partial charge on any atom is -0.450 e. The first kappa shape index (κ1) is 21.9. The molecule has 0 aromatic carbocycles. The molecule has 2 fully saturated rings. The zero-order valence-corrected chi connectivity index (χ0v) is 17.8. The zero-order chi connectivity index (χ0) is 21.1. The van der Waals surface area contributed by atoms with E-state index in [4.69, 9.17) is 4.74 Å². The fraction of sp³-hybridized carbons (Fsp3) is 0.625. The van der Waals surface area contributed by atoms with Gasteiger partial charge >= 0.3 is 6.09 Å². The van der Waals surface area contributed by atoms with E-state index in [9.17, 15) is 21.6 Å². The number of carbonyl (C=O) groups is 1. The van der Waals surface area contributed by atoms with Crippen molar-refractivity contribution in [3.05, 3.63) is 24.5 Å². The van der Waals surface area contributed by atoms with Crippen molar-refractivity contribution in [3.8, 4) is 0 Å². The smallest absolute Gasteiger partial charge is 0.409 e. The van der Waals surface area contributed by atoms with Gasteiger partial charge in [0.05, 0.1) is 6.61 Å². The summed E-state index contributed by atoms with van der Waals surface area (Å²) in [7, 11) is -7.43. The van der Waals surface area contributed by atoms with E-state index in [0.29, 0.717) is 0 Å². The number of sulfonamides is 1. The number of ether oxygens (including phenoxy) is 1. The van der Waals surface area contributed by atoms with Gasteiger partial charge in [0.25, 0.3) is 10.2 Å². The number of pyridine rings is 1. The fourth-order valence-electron chi connectivity index (χ4n) is 3.27. The molecule has 0 N–H and O–H groups in total. The Labute approximate surface area is 171 Å². The summed E-state index contributed by atoms with van der Waals surface area (Å²) >= 11 is 0. The standard InChI is InChI=1S/C16H25N5O6S2/c1-2-27-16(22)18-6-8-20(9-7-18)29(25,26)21-12-10-19(11-13-21)28(23,24)15-4-3-5-17-14-15/h3-5,14H,2,6-13H2,1H3. The third kappa shape index (κ3) is 4.69. The van der Waals surface area contributed by atoms with Crippen molar-refractivity contribution in [1.82, 2.24) is 22.8 Å². The monoisotopic (exact) mass is 447 g/mol. The van der Waals surface area contributed by atoms with Gasteiger partial charge in [-0.3, -0.25) is 4.98 Å². The average molecular weight is 448 g/mol. The molecule has 0 saturated carbocycles. The summed E-state index contributed by atoms with van der Waals surface area (Å²) < 4.78 is 60.0. The molecule has 13 heteroatoms.